The van der Waals surface area contributed by atoms with Crippen molar-refractivity contribution in [3.8, 4) is 0 Å². The van der Waals surface area contributed by atoms with Crippen molar-refractivity contribution in [2.45, 2.75) is 32.8 Å². The van der Waals surface area contributed by atoms with Crippen molar-refractivity contribution in [2.75, 3.05) is 0 Å². The maximum Gasteiger partial charge on any atom is 0.0753 e. The van der Waals surface area contributed by atoms with Crippen molar-refractivity contribution in [2.24, 2.45) is 5.92 Å². The lowest BCUT2D eigenvalue weighted by Gasteiger charge is -2.24. The third-order valence-electron chi connectivity index (χ3n) is 2.30. The first kappa shape index (κ1) is 7.11. The summed E-state index contributed by atoms with van der Waals surface area (Å²) in [5.41, 5.74) is 1.82. The molecule has 0 spiro atoms. The highest BCUT2D eigenvalue weighted by Crippen LogP contribution is 2.27. The Balaban J connectivity index is 2.79. The lowest BCUT2D eigenvalue weighted by Crippen LogP contribution is -2.19. The van der Waals surface area contributed by atoms with Crippen molar-refractivity contribution in [1.82, 2.24) is 0 Å². The second kappa shape index (κ2) is 3.22. The molecule has 0 bridgehead atoms. The first-order valence-corrected chi connectivity index (χ1v) is 3.98. The van der Waals surface area contributed by atoms with Gasteiger partial charge in [0.15, 0.2) is 0 Å². The van der Waals surface area contributed by atoms with Gasteiger partial charge in [0.05, 0.1) is 7.45 Å². The molecule has 0 fully saturated rings. The molecular formula is C10H16O. The average Bonchev–Trinajstić information content (AvgIpc) is 1.94. The number of hydrogen-bond donors (Lipinski definition) is 1. The molecule has 0 aromatic rings. The van der Waals surface area contributed by atoms with Crippen LogP contribution in [0.2, 0.25) is 0 Å². The fraction of sp³-hybridized carbons (Fsp3) is 0.600. The van der Waals surface area contributed by atoms with Crippen LogP contribution < -0.4 is 0 Å². The SMILES string of the molecule is [2H][C@@]1(O)C[C@H](C(=C)C)CC=C1C. The van der Waals surface area contributed by atoms with Gasteiger partial charge in [0.2, 0.25) is 0 Å². The summed E-state index contributed by atoms with van der Waals surface area (Å²) in [5, 5.41) is 9.62. The molecule has 1 rings (SSSR count). The molecule has 0 amide bonds. The van der Waals surface area contributed by atoms with Crippen LogP contribution in [-0.4, -0.2) is 11.2 Å². The van der Waals surface area contributed by atoms with Gasteiger partial charge in [0.1, 0.15) is 0 Å². The van der Waals surface area contributed by atoms with Crippen molar-refractivity contribution in [1.29, 1.82) is 0 Å². The lowest BCUT2D eigenvalue weighted by atomic mass is 9.84. The first-order chi connectivity index (χ1) is 5.43. The monoisotopic (exact) mass is 153 g/mol. The molecule has 0 aromatic heterocycles. The molecule has 0 radical (unpaired) electrons. The highest BCUT2D eigenvalue weighted by molar-refractivity contribution is 5.14. The molecule has 62 valence electrons. The summed E-state index contributed by atoms with van der Waals surface area (Å²) in [6.45, 7) is 7.61. The molecule has 0 aromatic carbocycles. The Morgan fingerprint density at radius 1 is 1.91 bits per heavy atom. The molecular weight excluding hydrogens is 136 g/mol. The topological polar surface area (TPSA) is 20.2 Å². The van der Waals surface area contributed by atoms with Gasteiger partial charge in [-0.15, -0.1) is 0 Å². The molecule has 0 aliphatic heterocycles. The van der Waals surface area contributed by atoms with Crippen LogP contribution in [0.4, 0.5) is 0 Å². The average molecular weight is 153 g/mol. The van der Waals surface area contributed by atoms with Crippen molar-refractivity contribution < 1.29 is 6.48 Å². The van der Waals surface area contributed by atoms with Crippen LogP contribution in [0.3, 0.4) is 0 Å². The summed E-state index contributed by atoms with van der Waals surface area (Å²) in [7, 11) is 0. The molecule has 0 saturated heterocycles. The predicted octanol–water partition coefficient (Wildman–Crippen LogP) is 2.28. The van der Waals surface area contributed by atoms with Gasteiger partial charge < -0.3 is 5.11 Å². The van der Waals surface area contributed by atoms with Crippen molar-refractivity contribution >= 4 is 0 Å². The van der Waals surface area contributed by atoms with Gasteiger partial charge in [-0.3, -0.25) is 0 Å². The minimum atomic E-state index is -1.36. The van der Waals surface area contributed by atoms with Crippen molar-refractivity contribution in [3.05, 3.63) is 23.8 Å². The fourth-order valence-electron chi connectivity index (χ4n) is 1.29. The van der Waals surface area contributed by atoms with E-state index in [0.29, 0.717) is 6.42 Å². The number of allylic oxidation sites excluding steroid dienone is 2. The van der Waals surface area contributed by atoms with E-state index >= 15 is 0 Å². The minimum absolute atomic E-state index is 0.274. The lowest BCUT2D eigenvalue weighted by molar-refractivity contribution is 0.174. The molecule has 1 heteroatoms. The molecule has 1 aliphatic rings. The van der Waals surface area contributed by atoms with Gasteiger partial charge in [0, 0.05) is 0 Å². The molecule has 1 aliphatic carbocycles. The second-order valence-corrected chi connectivity index (χ2v) is 3.32. The van der Waals surface area contributed by atoms with E-state index in [9.17, 15) is 5.11 Å². The quantitative estimate of drug-likeness (QED) is 0.573. The molecule has 0 saturated carbocycles. The van der Waals surface area contributed by atoms with Gasteiger partial charge in [-0.25, -0.2) is 0 Å². The van der Waals surface area contributed by atoms with Crippen LogP contribution in [0.15, 0.2) is 23.8 Å². The molecule has 0 heterocycles. The normalized spacial score (nSPS) is 39.4. The standard InChI is InChI=1S/C10H16O/c1-7(2)9-5-4-8(3)10(11)6-9/h4,9-11H,1,5-6H2,2-3H3/t9-,10-/m1/s1/i10D. The second-order valence-electron chi connectivity index (χ2n) is 3.32. The van der Waals surface area contributed by atoms with E-state index in [1.165, 1.54) is 0 Å². The van der Waals surface area contributed by atoms with E-state index in [0.717, 1.165) is 17.6 Å². The molecule has 1 nitrogen and oxygen atoms in total. The first-order valence-electron chi connectivity index (χ1n) is 4.48. The van der Waals surface area contributed by atoms with Crippen molar-refractivity contribution in [3.63, 3.8) is 0 Å². The molecule has 1 N–H and O–H groups in total. The van der Waals surface area contributed by atoms with E-state index in [1.807, 2.05) is 19.9 Å². The third kappa shape index (κ3) is 1.93. The van der Waals surface area contributed by atoms with E-state index in [4.69, 9.17) is 1.37 Å². The zero-order valence-electron chi connectivity index (χ0n) is 8.22. The van der Waals surface area contributed by atoms with E-state index in [2.05, 4.69) is 6.58 Å². The summed E-state index contributed by atoms with van der Waals surface area (Å²) in [6, 6.07) is 0. The van der Waals surface area contributed by atoms with Gasteiger partial charge in [-0.05, 0) is 38.2 Å². The van der Waals surface area contributed by atoms with Crippen LogP contribution in [-0.2, 0) is 0 Å². The van der Waals surface area contributed by atoms with Gasteiger partial charge in [-0.1, -0.05) is 18.2 Å². The number of rotatable bonds is 1. The Bertz CT molecular complexity index is 228. The Hall–Kier alpha value is -0.560. The summed E-state index contributed by atoms with van der Waals surface area (Å²) in [6.07, 6.45) is 1.99. The Morgan fingerprint density at radius 2 is 2.55 bits per heavy atom. The van der Waals surface area contributed by atoms with Crippen LogP contribution >= 0.6 is 0 Å². The fourth-order valence-corrected chi connectivity index (χ4v) is 1.29. The predicted molar refractivity (Wildman–Crippen MR) is 47.3 cm³/mol. The summed E-state index contributed by atoms with van der Waals surface area (Å²) in [5.74, 6) is 0.274. The van der Waals surface area contributed by atoms with Gasteiger partial charge in [-0.2, -0.15) is 0 Å². The van der Waals surface area contributed by atoms with Crippen LogP contribution in [0, 0.1) is 5.92 Å². The van der Waals surface area contributed by atoms with Crippen LogP contribution in [0.5, 0.6) is 0 Å². The number of aliphatic hydroxyl groups is 1. The summed E-state index contributed by atoms with van der Waals surface area (Å²) < 4.78 is 7.60. The molecule has 2 atom stereocenters. The van der Waals surface area contributed by atoms with E-state index in [-0.39, 0.29) is 5.92 Å². The highest BCUT2D eigenvalue weighted by Gasteiger charge is 2.19. The summed E-state index contributed by atoms with van der Waals surface area (Å²) >= 11 is 0. The zero-order valence-corrected chi connectivity index (χ0v) is 7.22. The summed E-state index contributed by atoms with van der Waals surface area (Å²) in [4.78, 5) is 0. The maximum absolute atomic E-state index is 9.62. The zero-order chi connectivity index (χ0) is 9.35. The Morgan fingerprint density at radius 3 is 3.00 bits per heavy atom. The Kier molecular flexibility index (Phi) is 2.08. The van der Waals surface area contributed by atoms with Gasteiger partial charge in [0.25, 0.3) is 0 Å². The minimum Gasteiger partial charge on any atom is -0.389 e. The molecule has 0 unspecified atom stereocenters. The third-order valence-corrected chi connectivity index (χ3v) is 2.30. The largest absolute Gasteiger partial charge is 0.389 e. The Labute approximate surface area is 69.8 Å². The number of hydrogen-bond acceptors (Lipinski definition) is 1. The van der Waals surface area contributed by atoms with E-state index < -0.39 is 6.08 Å². The van der Waals surface area contributed by atoms with Crippen LogP contribution in [0.1, 0.15) is 28.1 Å². The molecule has 11 heavy (non-hydrogen) atoms. The van der Waals surface area contributed by atoms with Crippen LogP contribution in [0.25, 0.3) is 0 Å². The van der Waals surface area contributed by atoms with Gasteiger partial charge >= 0.3 is 0 Å². The van der Waals surface area contributed by atoms with E-state index in [1.54, 1.807) is 0 Å². The maximum atomic E-state index is 9.62. The smallest absolute Gasteiger partial charge is 0.0753 e. The highest BCUT2D eigenvalue weighted by atomic mass is 16.3.